The Morgan fingerprint density at radius 3 is 3.00 bits per heavy atom. The number of ether oxygens (including phenoxy) is 1. The van der Waals surface area contributed by atoms with Crippen LogP contribution in [0.5, 0.6) is 0 Å². The number of aromatic nitrogens is 3. The minimum absolute atomic E-state index is 0.155. The number of hydrogen-bond acceptors (Lipinski definition) is 7. The maximum Gasteiger partial charge on any atom is 0.225 e. The molecule has 0 radical (unpaired) electrons. The molecule has 2 aliphatic heterocycles. The molecule has 0 saturated carbocycles. The lowest BCUT2D eigenvalue weighted by atomic mass is 9.97. The summed E-state index contributed by atoms with van der Waals surface area (Å²) in [5.41, 5.74) is 1.41. The van der Waals surface area contributed by atoms with E-state index in [1.54, 1.807) is 6.07 Å². The lowest BCUT2D eigenvalue weighted by Crippen LogP contribution is -2.34. The molecule has 2 aliphatic rings. The Kier molecular flexibility index (Phi) is 4.43. The predicted octanol–water partition coefficient (Wildman–Crippen LogP) is 2.16. The van der Waals surface area contributed by atoms with Gasteiger partial charge < -0.3 is 15.0 Å². The van der Waals surface area contributed by atoms with Crippen molar-refractivity contribution in [1.29, 1.82) is 5.26 Å². The van der Waals surface area contributed by atoms with Crippen LogP contribution in [0.25, 0.3) is 0 Å². The molecule has 0 aliphatic carbocycles. The molecule has 2 fully saturated rings. The second-order valence-electron chi connectivity index (χ2n) is 6.98. The van der Waals surface area contributed by atoms with Crippen molar-refractivity contribution in [3.8, 4) is 6.07 Å². The fourth-order valence-electron chi connectivity index (χ4n) is 3.72. The monoisotopic (exact) mass is 350 g/mol. The van der Waals surface area contributed by atoms with Crippen LogP contribution in [-0.2, 0) is 11.2 Å². The van der Waals surface area contributed by atoms with Crippen LogP contribution < -0.4 is 10.2 Å². The summed E-state index contributed by atoms with van der Waals surface area (Å²) in [4.78, 5) is 15.5. The van der Waals surface area contributed by atoms with E-state index in [1.165, 1.54) is 0 Å². The van der Waals surface area contributed by atoms with Crippen LogP contribution in [0.2, 0.25) is 0 Å². The first-order valence-corrected chi connectivity index (χ1v) is 9.03. The predicted molar refractivity (Wildman–Crippen MR) is 97.9 cm³/mol. The molecule has 2 aromatic heterocycles. The van der Waals surface area contributed by atoms with E-state index in [0.29, 0.717) is 12.3 Å². The third-order valence-electron chi connectivity index (χ3n) is 5.12. The van der Waals surface area contributed by atoms with Crippen molar-refractivity contribution in [2.45, 2.75) is 37.8 Å². The Hall–Kier alpha value is -2.72. The number of anilines is 2. The second-order valence-corrected chi connectivity index (χ2v) is 6.98. The van der Waals surface area contributed by atoms with Crippen LogP contribution in [0.4, 0.5) is 11.8 Å². The Balaban J connectivity index is 1.39. The van der Waals surface area contributed by atoms with Gasteiger partial charge in [0.15, 0.2) is 0 Å². The fraction of sp³-hybridized carbons (Fsp3) is 0.474. The lowest BCUT2D eigenvalue weighted by Gasteiger charge is -2.23. The van der Waals surface area contributed by atoms with Crippen LogP contribution in [0, 0.1) is 11.3 Å². The van der Waals surface area contributed by atoms with Gasteiger partial charge in [-0.3, -0.25) is 0 Å². The minimum atomic E-state index is -0.155. The van der Waals surface area contributed by atoms with E-state index in [9.17, 15) is 0 Å². The van der Waals surface area contributed by atoms with Crippen LogP contribution in [0.3, 0.4) is 0 Å². The van der Waals surface area contributed by atoms with Gasteiger partial charge in [-0.05, 0) is 30.5 Å². The van der Waals surface area contributed by atoms with Crippen molar-refractivity contribution in [3.05, 3.63) is 41.9 Å². The summed E-state index contributed by atoms with van der Waals surface area (Å²) in [5, 5.41) is 12.4. The zero-order chi connectivity index (χ0) is 18.0. The molecule has 0 aromatic carbocycles. The number of nitrogens with zero attached hydrogens (tertiary/aromatic N) is 5. The van der Waals surface area contributed by atoms with Crippen molar-refractivity contribution in [2.75, 3.05) is 29.9 Å². The molecule has 2 unspecified atom stereocenters. The first kappa shape index (κ1) is 16.7. The van der Waals surface area contributed by atoms with Crippen LogP contribution >= 0.6 is 0 Å². The highest BCUT2D eigenvalue weighted by molar-refractivity contribution is 5.40. The quantitative estimate of drug-likeness (QED) is 0.904. The van der Waals surface area contributed by atoms with Crippen molar-refractivity contribution in [2.24, 2.45) is 0 Å². The van der Waals surface area contributed by atoms with Crippen LogP contribution in [0.15, 0.2) is 30.6 Å². The number of aryl methyl sites for hydroxylation is 1. The van der Waals surface area contributed by atoms with Crippen molar-refractivity contribution in [3.63, 3.8) is 0 Å². The molecule has 0 bridgehead atoms. The van der Waals surface area contributed by atoms with E-state index in [2.05, 4.69) is 38.2 Å². The highest BCUT2D eigenvalue weighted by Crippen LogP contribution is 2.37. The van der Waals surface area contributed by atoms with E-state index in [0.717, 1.165) is 49.7 Å². The molecule has 2 aromatic rings. The van der Waals surface area contributed by atoms with Gasteiger partial charge in [-0.15, -0.1) is 0 Å². The lowest BCUT2D eigenvalue weighted by molar-refractivity contribution is 0.0228. The average Bonchev–Trinajstić information content (AvgIpc) is 3.28. The average molecular weight is 350 g/mol. The van der Waals surface area contributed by atoms with Gasteiger partial charge in [-0.2, -0.15) is 5.26 Å². The van der Waals surface area contributed by atoms with Gasteiger partial charge in [0.2, 0.25) is 5.95 Å². The first-order valence-electron chi connectivity index (χ1n) is 9.03. The number of nitrogens with one attached hydrogen (secondary N) is 1. The third-order valence-corrected chi connectivity index (χ3v) is 5.12. The molecule has 0 amide bonds. The van der Waals surface area contributed by atoms with Gasteiger partial charge in [-0.1, -0.05) is 13.0 Å². The zero-order valence-corrected chi connectivity index (χ0v) is 14.9. The van der Waals surface area contributed by atoms with E-state index < -0.39 is 0 Å². The summed E-state index contributed by atoms with van der Waals surface area (Å²) in [7, 11) is 0. The highest BCUT2D eigenvalue weighted by atomic mass is 16.5. The molecule has 4 rings (SSSR count). The normalized spacial score (nSPS) is 24.8. The number of hydrogen-bond donors (Lipinski definition) is 1. The molecule has 4 heterocycles. The maximum atomic E-state index is 8.98. The van der Waals surface area contributed by atoms with E-state index >= 15 is 0 Å². The molecule has 7 heteroatoms. The molecule has 7 nitrogen and oxygen atoms in total. The summed E-state index contributed by atoms with van der Waals surface area (Å²) in [6.45, 7) is 4.45. The molecular formula is C19H22N6O. The number of rotatable bonds is 4. The SMILES string of the molecule is CCc1cnc(N2CCC3(CC(Nc4cccc(C#N)n4)CO3)C2)nc1. The number of nitriles is 1. The smallest absolute Gasteiger partial charge is 0.225 e. The van der Waals surface area contributed by atoms with Crippen molar-refractivity contribution in [1.82, 2.24) is 15.0 Å². The molecule has 1 spiro atoms. The summed E-state index contributed by atoms with van der Waals surface area (Å²) in [6.07, 6.45) is 6.63. The topological polar surface area (TPSA) is 87.0 Å². The Morgan fingerprint density at radius 1 is 1.38 bits per heavy atom. The largest absolute Gasteiger partial charge is 0.371 e. The minimum Gasteiger partial charge on any atom is -0.371 e. The molecule has 26 heavy (non-hydrogen) atoms. The second kappa shape index (κ2) is 6.89. The Labute approximate surface area is 153 Å². The standard InChI is InChI=1S/C19H22N6O/c1-2-14-10-21-18(22-11-14)25-7-6-19(13-25)8-16(12-26-19)24-17-5-3-4-15(9-20)23-17/h3-5,10-11,16H,2,6-8,12-13H2,1H3,(H,23,24). The molecule has 134 valence electrons. The summed E-state index contributed by atoms with van der Waals surface area (Å²) in [5.74, 6) is 1.51. The third kappa shape index (κ3) is 3.33. The highest BCUT2D eigenvalue weighted by Gasteiger charge is 2.46. The van der Waals surface area contributed by atoms with Gasteiger partial charge in [0.05, 0.1) is 24.8 Å². The molecule has 2 saturated heterocycles. The maximum absolute atomic E-state index is 8.98. The first-order chi connectivity index (χ1) is 12.7. The Bertz CT molecular complexity index is 818. The summed E-state index contributed by atoms with van der Waals surface area (Å²) >= 11 is 0. The molecular weight excluding hydrogens is 328 g/mol. The summed E-state index contributed by atoms with van der Waals surface area (Å²) < 4.78 is 6.19. The fourth-order valence-corrected chi connectivity index (χ4v) is 3.72. The zero-order valence-electron chi connectivity index (χ0n) is 14.9. The summed E-state index contributed by atoms with van der Waals surface area (Å²) in [6, 6.07) is 7.70. The van der Waals surface area contributed by atoms with Gasteiger partial charge in [0, 0.05) is 25.4 Å². The van der Waals surface area contributed by atoms with Gasteiger partial charge >= 0.3 is 0 Å². The molecule has 2 atom stereocenters. The van der Waals surface area contributed by atoms with E-state index in [1.807, 2.05) is 24.5 Å². The number of pyridine rings is 1. The van der Waals surface area contributed by atoms with Crippen molar-refractivity contribution >= 4 is 11.8 Å². The van der Waals surface area contributed by atoms with Crippen LogP contribution in [0.1, 0.15) is 31.0 Å². The van der Waals surface area contributed by atoms with Gasteiger partial charge in [-0.25, -0.2) is 15.0 Å². The van der Waals surface area contributed by atoms with Crippen LogP contribution in [-0.4, -0.2) is 46.3 Å². The van der Waals surface area contributed by atoms with E-state index in [4.69, 9.17) is 10.00 Å². The van der Waals surface area contributed by atoms with Gasteiger partial charge in [0.1, 0.15) is 17.6 Å². The van der Waals surface area contributed by atoms with Gasteiger partial charge in [0.25, 0.3) is 0 Å². The molecule has 1 N–H and O–H groups in total. The Morgan fingerprint density at radius 2 is 2.23 bits per heavy atom. The van der Waals surface area contributed by atoms with Crippen molar-refractivity contribution < 1.29 is 4.74 Å². The van der Waals surface area contributed by atoms with E-state index in [-0.39, 0.29) is 11.6 Å².